The van der Waals surface area contributed by atoms with Crippen LogP contribution >= 0.6 is 0 Å². The molecule has 0 fully saturated rings. The number of nitrogens with two attached hydrogens (primary N) is 1. The molecule has 3 nitrogen and oxygen atoms in total. The minimum absolute atomic E-state index is 0.0130. The molecule has 1 atom stereocenters. The van der Waals surface area contributed by atoms with Crippen molar-refractivity contribution in [2.75, 3.05) is 0 Å². The largest absolute Gasteiger partial charge is 0.323 e. The summed E-state index contributed by atoms with van der Waals surface area (Å²) in [4.78, 5) is 4.84. The Bertz CT molecular complexity index is 590. The quantitative estimate of drug-likeness (QED) is 0.910. The zero-order valence-electron chi connectivity index (χ0n) is 13.4. The van der Waals surface area contributed by atoms with Gasteiger partial charge in [0.2, 0.25) is 0 Å². The second-order valence-corrected chi connectivity index (χ2v) is 6.78. The molecule has 0 spiro atoms. The van der Waals surface area contributed by atoms with E-state index in [1.165, 1.54) is 17.7 Å². The third-order valence-electron chi connectivity index (χ3n) is 3.73. The van der Waals surface area contributed by atoms with E-state index in [0.717, 1.165) is 24.2 Å². The molecule has 0 amide bonds. The molecule has 0 saturated heterocycles. The predicted octanol–water partition coefficient (Wildman–Crippen LogP) is 4.13. The van der Waals surface area contributed by atoms with Gasteiger partial charge in [-0.05, 0) is 25.0 Å². The van der Waals surface area contributed by atoms with Crippen LogP contribution in [0.5, 0.6) is 0 Å². The number of pyridine rings is 1. The molecule has 3 heteroatoms. The number of imidazole rings is 1. The van der Waals surface area contributed by atoms with Gasteiger partial charge in [0.05, 0.1) is 11.4 Å². The molecule has 0 bridgehead atoms. The van der Waals surface area contributed by atoms with E-state index in [4.69, 9.17) is 10.7 Å². The van der Waals surface area contributed by atoms with Gasteiger partial charge in [0, 0.05) is 17.7 Å². The lowest BCUT2D eigenvalue weighted by atomic mass is 9.88. The summed E-state index contributed by atoms with van der Waals surface area (Å²) in [6.45, 7) is 10.9. The zero-order valence-corrected chi connectivity index (χ0v) is 13.4. The molecule has 0 saturated carbocycles. The van der Waals surface area contributed by atoms with Crippen molar-refractivity contribution in [1.82, 2.24) is 9.38 Å². The molecule has 0 aliphatic carbocycles. The topological polar surface area (TPSA) is 43.3 Å². The fourth-order valence-corrected chi connectivity index (χ4v) is 2.64. The number of nitrogens with zero attached hydrogens (tertiary/aromatic N) is 2. The van der Waals surface area contributed by atoms with Crippen molar-refractivity contribution in [1.29, 1.82) is 0 Å². The number of aromatic nitrogens is 2. The maximum absolute atomic E-state index is 6.48. The van der Waals surface area contributed by atoms with Crippen LogP contribution in [0.3, 0.4) is 0 Å². The summed E-state index contributed by atoms with van der Waals surface area (Å²) in [6, 6.07) is 4.25. The van der Waals surface area contributed by atoms with Crippen molar-refractivity contribution in [3.05, 3.63) is 35.3 Å². The predicted molar refractivity (Wildman–Crippen MR) is 85.1 cm³/mol. The molecule has 1 unspecified atom stereocenters. The SMILES string of the molecule is CCCCC(N)c1c(C(C)(C)C)nc2ccc(C)cn12. The van der Waals surface area contributed by atoms with Crippen molar-refractivity contribution in [3.8, 4) is 0 Å². The monoisotopic (exact) mass is 273 g/mol. The van der Waals surface area contributed by atoms with Gasteiger partial charge in [0.25, 0.3) is 0 Å². The lowest BCUT2D eigenvalue weighted by Crippen LogP contribution is -2.21. The summed E-state index contributed by atoms with van der Waals surface area (Å²) in [6.07, 6.45) is 5.50. The van der Waals surface area contributed by atoms with E-state index in [1.54, 1.807) is 0 Å². The Labute approximate surface area is 122 Å². The molecule has 2 rings (SSSR count). The number of fused-ring (bicyclic) bond motifs is 1. The normalized spacial score (nSPS) is 13.9. The molecule has 2 N–H and O–H groups in total. The standard InChI is InChI=1S/C17H27N3/c1-6-7-8-13(18)15-16(17(3,4)5)19-14-10-9-12(2)11-20(14)15/h9-11,13H,6-8,18H2,1-5H3. The zero-order chi connectivity index (χ0) is 14.9. The Morgan fingerprint density at radius 1 is 1.30 bits per heavy atom. The highest BCUT2D eigenvalue weighted by Gasteiger charge is 2.26. The van der Waals surface area contributed by atoms with Crippen molar-refractivity contribution < 1.29 is 0 Å². The van der Waals surface area contributed by atoms with E-state index >= 15 is 0 Å². The maximum Gasteiger partial charge on any atom is 0.137 e. The highest BCUT2D eigenvalue weighted by Crippen LogP contribution is 2.31. The Kier molecular flexibility index (Phi) is 4.19. The van der Waals surface area contributed by atoms with Crippen LogP contribution in [0.25, 0.3) is 5.65 Å². The van der Waals surface area contributed by atoms with Crippen LogP contribution in [-0.2, 0) is 5.41 Å². The Morgan fingerprint density at radius 2 is 2.00 bits per heavy atom. The number of hydrogen-bond acceptors (Lipinski definition) is 2. The average Bonchev–Trinajstić information content (AvgIpc) is 2.74. The number of unbranched alkanes of at least 4 members (excludes halogenated alkanes) is 1. The van der Waals surface area contributed by atoms with Crippen LogP contribution in [0.15, 0.2) is 18.3 Å². The van der Waals surface area contributed by atoms with Gasteiger partial charge in [-0.25, -0.2) is 4.98 Å². The smallest absolute Gasteiger partial charge is 0.137 e. The maximum atomic E-state index is 6.48. The molecule has 2 aromatic rings. The van der Waals surface area contributed by atoms with Crippen molar-refractivity contribution >= 4 is 5.65 Å². The summed E-state index contributed by atoms with van der Waals surface area (Å²) in [5.74, 6) is 0. The van der Waals surface area contributed by atoms with Gasteiger partial charge < -0.3 is 10.1 Å². The summed E-state index contributed by atoms with van der Waals surface area (Å²) >= 11 is 0. The van der Waals surface area contributed by atoms with Crippen molar-refractivity contribution in [2.24, 2.45) is 5.73 Å². The molecule has 20 heavy (non-hydrogen) atoms. The molecular weight excluding hydrogens is 246 g/mol. The van der Waals surface area contributed by atoms with Crippen LogP contribution in [0, 0.1) is 6.92 Å². The first-order valence-corrected chi connectivity index (χ1v) is 7.59. The summed E-state index contributed by atoms with van der Waals surface area (Å²) in [5.41, 5.74) is 11.0. The Hall–Kier alpha value is -1.35. The Morgan fingerprint density at radius 3 is 2.60 bits per heavy atom. The molecule has 2 heterocycles. The lowest BCUT2D eigenvalue weighted by Gasteiger charge is -2.21. The first-order valence-electron chi connectivity index (χ1n) is 7.59. The minimum Gasteiger partial charge on any atom is -0.323 e. The van der Waals surface area contributed by atoms with Crippen molar-refractivity contribution in [3.63, 3.8) is 0 Å². The highest BCUT2D eigenvalue weighted by molar-refractivity contribution is 5.47. The third kappa shape index (κ3) is 2.88. The van der Waals surface area contributed by atoms with Gasteiger partial charge in [-0.15, -0.1) is 0 Å². The second-order valence-electron chi connectivity index (χ2n) is 6.78. The van der Waals surface area contributed by atoms with Crippen LogP contribution in [0.1, 0.15) is 70.0 Å². The average molecular weight is 273 g/mol. The van der Waals surface area contributed by atoms with Gasteiger partial charge >= 0.3 is 0 Å². The fourth-order valence-electron chi connectivity index (χ4n) is 2.64. The molecular formula is C17H27N3. The van der Waals surface area contributed by atoms with Crippen molar-refractivity contribution in [2.45, 2.75) is 65.3 Å². The summed E-state index contributed by atoms with van der Waals surface area (Å²) in [7, 11) is 0. The first-order chi connectivity index (χ1) is 9.34. The van der Waals surface area contributed by atoms with E-state index in [1.807, 2.05) is 0 Å². The fraction of sp³-hybridized carbons (Fsp3) is 0.588. The lowest BCUT2D eigenvalue weighted by molar-refractivity contribution is 0.529. The van der Waals surface area contributed by atoms with Gasteiger partial charge in [-0.3, -0.25) is 0 Å². The van der Waals surface area contributed by atoms with Crippen LogP contribution < -0.4 is 5.73 Å². The van der Waals surface area contributed by atoms with E-state index in [2.05, 4.69) is 57.3 Å². The molecule has 2 aromatic heterocycles. The van der Waals surface area contributed by atoms with Crippen LogP contribution in [-0.4, -0.2) is 9.38 Å². The van der Waals surface area contributed by atoms with Gasteiger partial charge in [0.15, 0.2) is 0 Å². The molecule has 0 aliphatic rings. The van der Waals surface area contributed by atoms with E-state index in [9.17, 15) is 0 Å². The van der Waals surface area contributed by atoms with Crippen LogP contribution in [0.4, 0.5) is 0 Å². The summed E-state index contributed by atoms with van der Waals surface area (Å²) < 4.78 is 2.19. The first kappa shape index (κ1) is 15.0. The number of aryl methyl sites for hydroxylation is 1. The molecule has 0 radical (unpaired) electrons. The van der Waals surface area contributed by atoms with Gasteiger partial charge in [-0.2, -0.15) is 0 Å². The molecule has 110 valence electrons. The Balaban J connectivity index is 2.60. The number of hydrogen-bond donors (Lipinski definition) is 1. The van der Waals surface area contributed by atoms with E-state index in [-0.39, 0.29) is 11.5 Å². The van der Waals surface area contributed by atoms with Gasteiger partial charge in [0.1, 0.15) is 5.65 Å². The third-order valence-corrected chi connectivity index (χ3v) is 3.73. The van der Waals surface area contributed by atoms with Crippen LogP contribution in [0.2, 0.25) is 0 Å². The molecule has 0 aliphatic heterocycles. The highest BCUT2D eigenvalue weighted by atomic mass is 15.0. The minimum atomic E-state index is 0.0130. The van der Waals surface area contributed by atoms with E-state index in [0.29, 0.717) is 0 Å². The summed E-state index contributed by atoms with van der Waals surface area (Å²) in [5, 5.41) is 0. The van der Waals surface area contributed by atoms with E-state index < -0.39 is 0 Å². The molecule has 0 aromatic carbocycles. The second kappa shape index (κ2) is 5.57. The number of rotatable bonds is 4. The van der Waals surface area contributed by atoms with Gasteiger partial charge in [-0.1, -0.05) is 46.6 Å².